The van der Waals surface area contributed by atoms with Crippen LogP contribution < -0.4 is 9.47 Å². The highest BCUT2D eigenvalue weighted by Gasteiger charge is 2.28. The number of rotatable bonds is 6. The van der Waals surface area contributed by atoms with Crippen LogP contribution in [0.25, 0.3) is 0 Å². The van der Waals surface area contributed by atoms with Crippen LogP contribution in [-0.4, -0.2) is 5.97 Å². The van der Waals surface area contributed by atoms with E-state index in [2.05, 4.69) is 22.0 Å². The molecule has 0 unspecified atom stereocenters. The van der Waals surface area contributed by atoms with Crippen LogP contribution in [0.3, 0.4) is 0 Å². The predicted molar refractivity (Wildman–Crippen MR) is 103 cm³/mol. The Kier molecular flexibility index (Phi) is 5.70. The van der Waals surface area contributed by atoms with Gasteiger partial charge >= 0.3 is 5.97 Å². The van der Waals surface area contributed by atoms with E-state index in [9.17, 15) is 4.79 Å². The van der Waals surface area contributed by atoms with Gasteiger partial charge in [-0.3, -0.25) is 4.79 Å². The Balaban J connectivity index is 1.88. The van der Waals surface area contributed by atoms with E-state index in [0.717, 1.165) is 28.4 Å². The molecule has 0 heterocycles. The first-order chi connectivity index (χ1) is 12.0. The summed E-state index contributed by atoms with van der Waals surface area (Å²) in [5.41, 5.74) is 3.13. The molecule has 1 fully saturated rings. The second-order valence-corrected chi connectivity index (χ2v) is 7.51. The summed E-state index contributed by atoms with van der Waals surface area (Å²) >= 11 is 9.72. The number of halogens is 2. The van der Waals surface area contributed by atoms with Gasteiger partial charge in [0, 0.05) is 23.1 Å². The van der Waals surface area contributed by atoms with Crippen molar-refractivity contribution in [3.8, 4) is 11.5 Å². The zero-order valence-corrected chi connectivity index (χ0v) is 16.6. The SMILES string of the molecule is CCC(=O)Oc1cccc(C2CC2)c1COc1cc(Cl)c(C)cc1Br. The van der Waals surface area contributed by atoms with E-state index in [4.69, 9.17) is 21.1 Å². The van der Waals surface area contributed by atoms with E-state index >= 15 is 0 Å². The van der Waals surface area contributed by atoms with Gasteiger partial charge in [-0.05, 0) is 64.9 Å². The Hall–Kier alpha value is -1.52. The van der Waals surface area contributed by atoms with Crippen molar-refractivity contribution >= 4 is 33.5 Å². The summed E-state index contributed by atoms with van der Waals surface area (Å²) in [6, 6.07) is 9.60. The third-order valence-corrected chi connectivity index (χ3v) is 5.31. The summed E-state index contributed by atoms with van der Waals surface area (Å²) in [5.74, 6) is 1.55. The van der Waals surface area contributed by atoms with Crippen LogP contribution in [0.15, 0.2) is 34.8 Å². The molecule has 132 valence electrons. The number of ether oxygens (including phenoxy) is 2. The molecule has 1 saturated carbocycles. The van der Waals surface area contributed by atoms with Gasteiger partial charge in [-0.25, -0.2) is 0 Å². The summed E-state index contributed by atoms with van der Waals surface area (Å²) in [6.07, 6.45) is 2.67. The average molecular weight is 424 g/mol. The molecule has 1 aliphatic rings. The lowest BCUT2D eigenvalue weighted by atomic mass is 10.0. The highest BCUT2D eigenvalue weighted by molar-refractivity contribution is 9.10. The van der Waals surface area contributed by atoms with Crippen molar-refractivity contribution in [3.63, 3.8) is 0 Å². The molecule has 0 amide bonds. The number of carbonyl (C=O) groups is 1. The topological polar surface area (TPSA) is 35.5 Å². The van der Waals surface area contributed by atoms with E-state index in [1.165, 1.54) is 5.56 Å². The molecule has 0 saturated heterocycles. The van der Waals surface area contributed by atoms with Gasteiger partial charge < -0.3 is 9.47 Å². The summed E-state index contributed by atoms with van der Waals surface area (Å²) < 4.78 is 12.4. The average Bonchev–Trinajstić information content (AvgIpc) is 3.42. The molecule has 2 aromatic rings. The molecule has 0 spiro atoms. The van der Waals surface area contributed by atoms with Crippen molar-refractivity contribution in [2.75, 3.05) is 0 Å². The highest BCUT2D eigenvalue weighted by atomic mass is 79.9. The zero-order chi connectivity index (χ0) is 18.0. The first kappa shape index (κ1) is 18.3. The summed E-state index contributed by atoms with van der Waals surface area (Å²) in [6.45, 7) is 4.06. The lowest BCUT2D eigenvalue weighted by molar-refractivity contribution is -0.134. The molecule has 0 N–H and O–H groups in total. The Morgan fingerprint density at radius 3 is 2.72 bits per heavy atom. The van der Waals surface area contributed by atoms with Gasteiger partial charge in [0.2, 0.25) is 0 Å². The Bertz CT molecular complexity index is 800. The van der Waals surface area contributed by atoms with Crippen molar-refractivity contribution in [1.29, 1.82) is 0 Å². The van der Waals surface area contributed by atoms with Crippen molar-refractivity contribution in [3.05, 3.63) is 56.5 Å². The van der Waals surface area contributed by atoms with Crippen LogP contribution in [0.1, 0.15) is 48.8 Å². The quantitative estimate of drug-likeness (QED) is 0.411. The lowest BCUT2D eigenvalue weighted by Crippen LogP contribution is -2.10. The molecule has 5 heteroatoms. The van der Waals surface area contributed by atoms with E-state index in [1.54, 1.807) is 13.0 Å². The summed E-state index contributed by atoms with van der Waals surface area (Å²) in [5, 5.41) is 0.659. The summed E-state index contributed by atoms with van der Waals surface area (Å²) in [4.78, 5) is 11.8. The van der Waals surface area contributed by atoms with Gasteiger partial charge in [0.1, 0.15) is 18.1 Å². The van der Waals surface area contributed by atoms with Gasteiger partial charge in [-0.15, -0.1) is 0 Å². The van der Waals surface area contributed by atoms with Crippen LogP contribution in [0.5, 0.6) is 11.5 Å². The Morgan fingerprint density at radius 1 is 1.28 bits per heavy atom. The second-order valence-electron chi connectivity index (χ2n) is 6.25. The van der Waals surface area contributed by atoms with Crippen molar-refractivity contribution < 1.29 is 14.3 Å². The van der Waals surface area contributed by atoms with Crippen LogP contribution in [0, 0.1) is 6.92 Å². The first-order valence-electron chi connectivity index (χ1n) is 8.40. The zero-order valence-electron chi connectivity index (χ0n) is 14.3. The monoisotopic (exact) mass is 422 g/mol. The fourth-order valence-electron chi connectivity index (χ4n) is 2.69. The molecule has 25 heavy (non-hydrogen) atoms. The van der Waals surface area contributed by atoms with Crippen LogP contribution in [0.4, 0.5) is 0 Å². The minimum atomic E-state index is -0.242. The van der Waals surface area contributed by atoms with Gasteiger partial charge in [-0.2, -0.15) is 0 Å². The fraction of sp³-hybridized carbons (Fsp3) is 0.350. The number of aryl methyl sites for hydroxylation is 1. The van der Waals surface area contributed by atoms with Crippen LogP contribution >= 0.6 is 27.5 Å². The second kappa shape index (κ2) is 7.79. The lowest BCUT2D eigenvalue weighted by Gasteiger charge is -2.16. The van der Waals surface area contributed by atoms with Gasteiger partial charge in [0.25, 0.3) is 0 Å². The largest absolute Gasteiger partial charge is 0.488 e. The highest BCUT2D eigenvalue weighted by Crippen LogP contribution is 2.44. The number of carbonyl (C=O) groups excluding carboxylic acids is 1. The molecule has 0 aliphatic heterocycles. The van der Waals surface area contributed by atoms with E-state index < -0.39 is 0 Å². The molecular formula is C20H20BrClO3. The molecule has 0 aromatic heterocycles. The molecule has 3 rings (SSSR count). The molecule has 0 atom stereocenters. The smallest absolute Gasteiger partial charge is 0.310 e. The summed E-state index contributed by atoms with van der Waals surface area (Å²) in [7, 11) is 0. The molecule has 1 aliphatic carbocycles. The minimum absolute atomic E-state index is 0.242. The molecule has 3 nitrogen and oxygen atoms in total. The number of hydrogen-bond acceptors (Lipinski definition) is 3. The first-order valence-corrected chi connectivity index (χ1v) is 9.57. The number of esters is 1. The predicted octanol–water partition coefficient (Wildman–Crippen LogP) is 6.18. The van der Waals surface area contributed by atoms with Crippen LogP contribution in [-0.2, 0) is 11.4 Å². The third-order valence-electron chi connectivity index (χ3n) is 4.28. The molecule has 0 radical (unpaired) electrons. The third kappa shape index (κ3) is 4.36. The minimum Gasteiger partial charge on any atom is -0.488 e. The maximum Gasteiger partial charge on any atom is 0.310 e. The number of benzene rings is 2. The van der Waals surface area contributed by atoms with Crippen LogP contribution in [0.2, 0.25) is 5.02 Å². The Morgan fingerprint density at radius 2 is 2.04 bits per heavy atom. The van der Waals surface area contributed by atoms with Crippen molar-refractivity contribution in [2.45, 2.75) is 45.6 Å². The fourth-order valence-corrected chi connectivity index (χ4v) is 3.42. The normalized spacial score (nSPS) is 13.6. The standard InChI is InChI=1S/C20H20BrClO3/c1-3-20(23)25-18-6-4-5-14(13-7-8-13)15(18)11-24-19-10-17(22)12(2)9-16(19)21/h4-6,9-10,13H,3,7-8,11H2,1-2H3. The van der Waals surface area contributed by atoms with Gasteiger partial charge in [-0.1, -0.05) is 30.7 Å². The van der Waals surface area contributed by atoms with Crippen molar-refractivity contribution in [2.24, 2.45) is 0 Å². The molecule has 2 aromatic carbocycles. The molecule has 0 bridgehead atoms. The maximum absolute atomic E-state index is 11.8. The van der Waals surface area contributed by atoms with E-state index in [0.29, 0.717) is 35.5 Å². The Labute approximate surface area is 161 Å². The van der Waals surface area contributed by atoms with E-state index in [1.807, 2.05) is 25.1 Å². The van der Waals surface area contributed by atoms with Crippen molar-refractivity contribution in [1.82, 2.24) is 0 Å². The van der Waals surface area contributed by atoms with E-state index in [-0.39, 0.29) is 5.97 Å². The van der Waals surface area contributed by atoms with Gasteiger partial charge in [0.15, 0.2) is 0 Å². The number of hydrogen-bond donors (Lipinski definition) is 0. The molecular weight excluding hydrogens is 404 g/mol. The van der Waals surface area contributed by atoms with Gasteiger partial charge in [0.05, 0.1) is 4.47 Å². The maximum atomic E-state index is 11.8.